The predicted molar refractivity (Wildman–Crippen MR) is 82.7 cm³/mol. The van der Waals surface area contributed by atoms with E-state index in [9.17, 15) is 0 Å². The molecule has 2 aromatic heterocycles. The van der Waals surface area contributed by atoms with Crippen LogP contribution in [0, 0.1) is 0 Å². The molecule has 1 saturated heterocycles. The molecule has 3 nitrogen and oxygen atoms in total. The molecule has 0 aliphatic carbocycles. The number of hydrogen-bond donors (Lipinski definition) is 0. The first-order chi connectivity index (χ1) is 9.93. The summed E-state index contributed by atoms with van der Waals surface area (Å²) in [6.45, 7) is 2.31. The molecule has 3 rings (SSSR count). The first-order valence-electron chi connectivity index (χ1n) is 7.11. The summed E-state index contributed by atoms with van der Waals surface area (Å²) in [5, 5.41) is 0. The van der Waals surface area contributed by atoms with Crippen molar-refractivity contribution in [1.29, 1.82) is 0 Å². The Labute approximate surface area is 124 Å². The molecule has 2 aromatic rings. The lowest BCUT2D eigenvalue weighted by molar-refractivity contribution is 0.269. The van der Waals surface area contributed by atoms with Gasteiger partial charge in [-0.2, -0.15) is 0 Å². The van der Waals surface area contributed by atoms with Crippen molar-refractivity contribution < 1.29 is 0 Å². The summed E-state index contributed by atoms with van der Waals surface area (Å²) in [5.74, 6) is 1.12. The van der Waals surface area contributed by atoms with Crippen LogP contribution in [0.25, 0.3) is 0 Å². The highest BCUT2D eigenvalue weighted by Gasteiger charge is 2.26. The van der Waals surface area contributed by atoms with Gasteiger partial charge in [-0.05, 0) is 43.7 Å². The molecule has 1 atom stereocenters. The molecule has 0 radical (unpaired) electrons. The van der Waals surface area contributed by atoms with Crippen LogP contribution in [0.2, 0.25) is 0 Å². The quantitative estimate of drug-likeness (QED) is 0.787. The molecule has 4 heteroatoms. The largest absolute Gasteiger partial charge is 0.294 e. The number of likely N-dealkylation sites (tertiary alicyclic amines) is 1. The number of pyridine rings is 2. The SMILES string of the molecule is c1ccc(C2CCCN2CCSc2ccncc2)nc1. The number of hydrogen-bond acceptors (Lipinski definition) is 4. The highest BCUT2D eigenvalue weighted by atomic mass is 32.2. The summed E-state index contributed by atoms with van der Waals surface area (Å²) in [4.78, 5) is 12.4. The van der Waals surface area contributed by atoms with Gasteiger partial charge in [-0.25, -0.2) is 0 Å². The average molecular weight is 285 g/mol. The molecule has 0 bridgehead atoms. The van der Waals surface area contributed by atoms with Crippen molar-refractivity contribution in [2.75, 3.05) is 18.8 Å². The molecule has 0 saturated carbocycles. The Bertz CT molecular complexity index is 518. The minimum atomic E-state index is 0.509. The third-order valence-corrected chi connectivity index (χ3v) is 4.68. The highest BCUT2D eigenvalue weighted by molar-refractivity contribution is 7.99. The van der Waals surface area contributed by atoms with E-state index in [2.05, 4.69) is 39.1 Å². The van der Waals surface area contributed by atoms with Crippen LogP contribution >= 0.6 is 11.8 Å². The van der Waals surface area contributed by atoms with Crippen molar-refractivity contribution in [2.24, 2.45) is 0 Å². The normalized spacial score (nSPS) is 19.3. The maximum atomic E-state index is 4.52. The maximum Gasteiger partial charge on any atom is 0.0575 e. The van der Waals surface area contributed by atoms with Gasteiger partial charge >= 0.3 is 0 Å². The summed E-state index contributed by atoms with van der Waals surface area (Å²) in [5.41, 5.74) is 1.22. The van der Waals surface area contributed by atoms with Gasteiger partial charge in [-0.15, -0.1) is 11.8 Å². The minimum absolute atomic E-state index is 0.509. The molecule has 104 valence electrons. The molecule has 3 heterocycles. The fourth-order valence-electron chi connectivity index (χ4n) is 2.72. The highest BCUT2D eigenvalue weighted by Crippen LogP contribution is 2.30. The summed E-state index contributed by atoms with van der Waals surface area (Å²) < 4.78 is 0. The van der Waals surface area contributed by atoms with Crippen LogP contribution in [-0.2, 0) is 0 Å². The van der Waals surface area contributed by atoms with Gasteiger partial charge in [-0.1, -0.05) is 6.07 Å². The standard InChI is InChI=1S/C16H19N3S/c1-2-8-18-15(4-1)16-5-3-11-19(16)12-13-20-14-6-9-17-10-7-14/h1-2,4,6-10,16H,3,5,11-13H2. The van der Waals surface area contributed by atoms with Gasteiger partial charge in [0.05, 0.1) is 11.7 Å². The van der Waals surface area contributed by atoms with E-state index in [0.29, 0.717) is 6.04 Å². The van der Waals surface area contributed by atoms with Crippen molar-refractivity contribution in [3.05, 3.63) is 54.6 Å². The van der Waals surface area contributed by atoms with Gasteiger partial charge in [0.15, 0.2) is 0 Å². The van der Waals surface area contributed by atoms with Crippen LogP contribution in [0.15, 0.2) is 53.8 Å². The van der Waals surface area contributed by atoms with Crippen LogP contribution in [0.4, 0.5) is 0 Å². The predicted octanol–water partition coefficient (Wildman–Crippen LogP) is 3.41. The van der Waals surface area contributed by atoms with Crippen molar-refractivity contribution in [3.63, 3.8) is 0 Å². The zero-order valence-corrected chi connectivity index (χ0v) is 12.3. The van der Waals surface area contributed by atoms with E-state index in [-0.39, 0.29) is 0 Å². The zero-order chi connectivity index (χ0) is 13.6. The van der Waals surface area contributed by atoms with Gasteiger partial charge in [0.1, 0.15) is 0 Å². The lowest BCUT2D eigenvalue weighted by atomic mass is 10.1. The Balaban J connectivity index is 1.54. The summed E-state index contributed by atoms with van der Waals surface area (Å²) in [7, 11) is 0. The summed E-state index contributed by atoms with van der Waals surface area (Å²) in [6.07, 6.45) is 8.12. The van der Waals surface area contributed by atoms with Gasteiger partial charge in [0.2, 0.25) is 0 Å². The second-order valence-corrected chi connectivity index (χ2v) is 6.15. The van der Waals surface area contributed by atoms with Crippen LogP contribution in [0.1, 0.15) is 24.6 Å². The fraction of sp³-hybridized carbons (Fsp3) is 0.375. The monoisotopic (exact) mass is 285 g/mol. The number of nitrogens with zero attached hydrogens (tertiary/aromatic N) is 3. The molecular formula is C16H19N3S. The number of rotatable bonds is 5. The Hall–Kier alpha value is -1.39. The van der Waals surface area contributed by atoms with Crippen LogP contribution in [0.5, 0.6) is 0 Å². The minimum Gasteiger partial charge on any atom is -0.294 e. The molecule has 0 amide bonds. The lowest BCUT2D eigenvalue weighted by Crippen LogP contribution is -2.26. The van der Waals surface area contributed by atoms with E-state index < -0.39 is 0 Å². The van der Waals surface area contributed by atoms with Crippen LogP contribution in [-0.4, -0.2) is 33.7 Å². The molecule has 0 spiro atoms. The van der Waals surface area contributed by atoms with Crippen molar-refractivity contribution in [1.82, 2.24) is 14.9 Å². The van der Waals surface area contributed by atoms with Crippen LogP contribution in [0.3, 0.4) is 0 Å². The van der Waals surface area contributed by atoms with E-state index in [4.69, 9.17) is 0 Å². The summed E-state index contributed by atoms with van der Waals surface area (Å²) >= 11 is 1.90. The fourth-order valence-corrected chi connectivity index (χ4v) is 3.59. The molecule has 1 aliphatic heterocycles. The van der Waals surface area contributed by atoms with Gasteiger partial charge in [-0.3, -0.25) is 14.9 Å². The Kier molecular flexibility index (Phi) is 4.66. The lowest BCUT2D eigenvalue weighted by Gasteiger charge is -2.23. The molecule has 1 unspecified atom stereocenters. The van der Waals surface area contributed by atoms with Crippen molar-refractivity contribution >= 4 is 11.8 Å². The zero-order valence-electron chi connectivity index (χ0n) is 11.5. The molecular weight excluding hydrogens is 266 g/mol. The maximum absolute atomic E-state index is 4.52. The summed E-state index contributed by atoms with van der Waals surface area (Å²) in [6, 6.07) is 10.9. The van der Waals surface area contributed by atoms with E-state index in [1.54, 1.807) is 0 Å². The Morgan fingerprint density at radius 3 is 2.85 bits per heavy atom. The topological polar surface area (TPSA) is 29.0 Å². The van der Waals surface area contributed by atoms with Crippen LogP contribution < -0.4 is 0 Å². The average Bonchev–Trinajstić information content (AvgIpc) is 2.98. The first kappa shape index (κ1) is 13.6. The molecule has 1 aliphatic rings. The van der Waals surface area contributed by atoms with E-state index in [1.807, 2.05) is 36.4 Å². The van der Waals surface area contributed by atoms with E-state index in [1.165, 1.54) is 30.0 Å². The van der Waals surface area contributed by atoms with Crippen molar-refractivity contribution in [2.45, 2.75) is 23.8 Å². The smallest absolute Gasteiger partial charge is 0.0575 e. The molecule has 1 fully saturated rings. The van der Waals surface area contributed by atoms with Gasteiger partial charge in [0, 0.05) is 35.8 Å². The Morgan fingerprint density at radius 1 is 1.15 bits per heavy atom. The first-order valence-corrected chi connectivity index (χ1v) is 8.10. The third kappa shape index (κ3) is 3.38. The van der Waals surface area contributed by atoms with Gasteiger partial charge in [0.25, 0.3) is 0 Å². The van der Waals surface area contributed by atoms with Crippen molar-refractivity contribution in [3.8, 4) is 0 Å². The van der Waals surface area contributed by atoms with Gasteiger partial charge < -0.3 is 0 Å². The molecule has 0 N–H and O–H groups in total. The molecule has 20 heavy (non-hydrogen) atoms. The second kappa shape index (κ2) is 6.86. The number of thioether (sulfide) groups is 1. The third-order valence-electron chi connectivity index (χ3n) is 3.69. The van der Waals surface area contributed by atoms with E-state index in [0.717, 1.165) is 12.3 Å². The number of aromatic nitrogens is 2. The Morgan fingerprint density at radius 2 is 2.05 bits per heavy atom. The van der Waals surface area contributed by atoms with E-state index >= 15 is 0 Å². The second-order valence-electron chi connectivity index (χ2n) is 4.98. The molecule has 0 aromatic carbocycles.